The minimum atomic E-state index is -4.71. The van der Waals surface area contributed by atoms with Crippen molar-refractivity contribution >= 4 is 38.9 Å². The summed E-state index contributed by atoms with van der Waals surface area (Å²) in [6.45, 7) is -0.0281. The van der Waals surface area contributed by atoms with Crippen LogP contribution in [0.1, 0.15) is 16.7 Å². The van der Waals surface area contributed by atoms with Gasteiger partial charge in [0.2, 0.25) is 11.9 Å². The van der Waals surface area contributed by atoms with Crippen LogP contribution in [-0.4, -0.2) is 37.6 Å². The molecule has 8 nitrogen and oxygen atoms in total. The first kappa shape index (κ1) is 23.5. The van der Waals surface area contributed by atoms with E-state index in [-0.39, 0.29) is 35.5 Å². The molecule has 0 fully saturated rings. The molecule has 0 radical (unpaired) electrons. The number of carbonyl (C=O) groups excluding carboxylic acids is 1. The van der Waals surface area contributed by atoms with Crippen molar-refractivity contribution in [3.05, 3.63) is 65.4 Å². The zero-order valence-electron chi connectivity index (χ0n) is 18.1. The van der Waals surface area contributed by atoms with Crippen LogP contribution in [0.15, 0.2) is 53.6 Å². The molecule has 0 bridgehead atoms. The largest absolute Gasteiger partial charge is 0.421 e. The molecule has 1 aliphatic heterocycles. The van der Waals surface area contributed by atoms with Crippen molar-refractivity contribution in [1.29, 1.82) is 0 Å². The van der Waals surface area contributed by atoms with Crippen molar-refractivity contribution in [3.8, 4) is 0 Å². The fourth-order valence-electron chi connectivity index (χ4n) is 3.62. The summed E-state index contributed by atoms with van der Waals surface area (Å²) in [4.78, 5) is 21.0. The highest BCUT2D eigenvalue weighted by atomic mass is 32.2. The van der Waals surface area contributed by atoms with Crippen molar-refractivity contribution in [2.75, 3.05) is 28.8 Å². The van der Waals surface area contributed by atoms with E-state index in [0.717, 1.165) is 11.8 Å². The van der Waals surface area contributed by atoms with Gasteiger partial charge in [-0.3, -0.25) is 4.79 Å². The maximum atomic E-state index is 13.7. The van der Waals surface area contributed by atoms with Gasteiger partial charge in [-0.2, -0.15) is 18.2 Å². The summed E-state index contributed by atoms with van der Waals surface area (Å²) in [6.07, 6.45) is -2.75. The lowest BCUT2D eigenvalue weighted by Crippen LogP contribution is -2.23. The number of fused-ring (bicyclic) bond motifs is 1. The lowest BCUT2D eigenvalue weighted by atomic mass is 10.1. The van der Waals surface area contributed by atoms with Crippen LogP contribution in [0.25, 0.3) is 0 Å². The Morgan fingerprint density at radius 2 is 1.91 bits per heavy atom. The summed E-state index contributed by atoms with van der Waals surface area (Å²) in [5, 5.41) is 5.59. The van der Waals surface area contributed by atoms with Gasteiger partial charge in [0.15, 0.2) is 9.84 Å². The van der Waals surface area contributed by atoms with Crippen molar-refractivity contribution in [1.82, 2.24) is 9.97 Å². The number of alkyl halides is 3. The molecular weight excluding hydrogens is 471 g/mol. The van der Waals surface area contributed by atoms with Gasteiger partial charge in [-0.15, -0.1) is 0 Å². The first-order chi connectivity index (χ1) is 15.9. The number of halogens is 3. The molecule has 4 rings (SSSR count). The zero-order valence-corrected chi connectivity index (χ0v) is 19.0. The number of nitrogens with one attached hydrogen (secondary N) is 2. The van der Waals surface area contributed by atoms with E-state index < -0.39 is 21.6 Å². The maximum Gasteiger partial charge on any atom is 0.421 e. The van der Waals surface area contributed by atoms with Crippen LogP contribution in [-0.2, 0) is 33.8 Å². The molecule has 0 atom stereocenters. The first-order valence-electron chi connectivity index (χ1n) is 10.0. The molecule has 34 heavy (non-hydrogen) atoms. The Kier molecular flexibility index (Phi) is 5.94. The van der Waals surface area contributed by atoms with Crippen molar-refractivity contribution < 1.29 is 26.4 Å². The smallest absolute Gasteiger partial charge is 0.355 e. The van der Waals surface area contributed by atoms with Crippen LogP contribution >= 0.6 is 0 Å². The number of rotatable bonds is 6. The molecule has 2 heterocycles. The van der Waals surface area contributed by atoms with E-state index in [9.17, 15) is 26.4 Å². The third kappa shape index (κ3) is 4.96. The molecule has 2 N–H and O–H groups in total. The number of amides is 1. The molecule has 3 aromatic rings. The molecule has 0 unspecified atom stereocenters. The lowest BCUT2D eigenvalue weighted by molar-refractivity contribution is -0.137. The molecule has 0 saturated carbocycles. The average molecular weight is 491 g/mol. The lowest BCUT2D eigenvalue weighted by Gasteiger charge is -2.23. The standard InChI is InChI=1S/C22H20F3N5O3S/c1-30(12-13-5-3-7-15(9-13)34(2,32)33)20-16(22(23,24)25)11-26-21(29-20)27-17-8-4-6-14-10-18(31)28-19(14)17/h3-9,11H,10,12H2,1-2H3,(H,28,31)(H,26,27,29). The molecule has 178 valence electrons. The molecule has 0 spiro atoms. The molecule has 1 amide bonds. The Balaban J connectivity index is 1.67. The molecule has 0 aliphatic carbocycles. The van der Waals surface area contributed by atoms with E-state index >= 15 is 0 Å². The molecule has 2 aromatic carbocycles. The van der Waals surface area contributed by atoms with Gasteiger partial charge in [-0.1, -0.05) is 24.3 Å². The minimum Gasteiger partial charge on any atom is -0.355 e. The van der Waals surface area contributed by atoms with Gasteiger partial charge >= 0.3 is 6.18 Å². The Morgan fingerprint density at radius 1 is 1.18 bits per heavy atom. The van der Waals surface area contributed by atoms with Gasteiger partial charge in [0.05, 0.1) is 22.7 Å². The molecule has 12 heteroatoms. The van der Waals surface area contributed by atoms with E-state index in [1.165, 1.54) is 30.1 Å². The second-order valence-electron chi connectivity index (χ2n) is 7.89. The minimum absolute atomic E-state index is 0.0281. The topological polar surface area (TPSA) is 104 Å². The summed E-state index contributed by atoms with van der Waals surface area (Å²) < 4.78 is 64.7. The Hall–Kier alpha value is -3.67. The first-order valence-corrected chi connectivity index (χ1v) is 11.9. The summed E-state index contributed by atoms with van der Waals surface area (Å²) in [5.74, 6) is -0.657. The number of nitrogens with zero attached hydrogens (tertiary/aromatic N) is 3. The molecule has 0 saturated heterocycles. The van der Waals surface area contributed by atoms with Gasteiger partial charge in [-0.05, 0) is 29.3 Å². The molecule has 1 aliphatic rings. The highest BCUT2D eigenvalue weighted by molar-refractivity contribution is 7.90. The Morgan fingerprint density at radius 3 is 2.62 bits per heavy atom. The van der Waals surface area contributed by atoms with Gasteiger partial charge in [-0.25, -0.2) is 13.4 Å². The number of para-hydroxylation sites is 1. The van der Waals surface area contributed by atoms with Gasteiger partial charge in [0.1, 0.15) is 11.4 Å². The van der Waals surface area contributed by atoms with Crippen molar-refractivity contribution in [3.63, 3.8) is 0 Å². The van der Waals surface area contributed by atoms with Crippen LogP contribution < -0.4 is 15.5 Å². The molecule has 1 aromatic heterocycles. The quantitative estimate of drug-likeness (QED) is 0.541. The fraction of sp³-hybridized carbons (Fsp3) is 0.227. The summed E-state index contributed by atoms with van der Waals surface area (Å²) in [5.41, 5.74) is 1.20. The van der Waals surface area contributed by atoms with Crippen LogP contribution in [0, 0.1) is 0 Å². The number of sulfone groups is 1. The summed E-state index contributed by atoms with van der Waals surface area (Å²) >= 11 is 0. The number of aromatic nitrogens is 2. The van der Waals surface area contributed by atoms with Crippen molar-refractivity contribution in [2.45, 2.75) is 24.0 Å². The second kappa shape index (κ2) is 8.60. The monoisotopic (exact) mass is 491 g/mol. The van der Waals surface area contributed by atoms with E-state index in [4.69, 9.17) is 0 Å². The number of hydrogen-bond acceptors (Lipinski definition) is 7. The normalized spacial score (nSPS) is 13.4. The third-order valence-electron chi connectivity index (χ3n) is 5.19. The average Bonchev–Trinajstić information content (AvgIpc) is 3.14. The Bertz CT molecular complexity index is 1380. The predicted molar refractivity (Wildman–Crippen MR) is 121 cm³/mol. The van der Waals surface area contributed by atoms with Gasteiger partial charge < -0.3 is 15.5 Å². The fourth-order valence-corrected chi connectivity index (χ4v) is 4.31. The van der Waals surface area contributed by atoms with E-state index in [1.807, 2.05) is 0 Å². The van der Waals surface area contributed by atoms with E-state index in [2.05, 4.69) is 20.6 Å². The highest BCUT2D eigenvalue weighted by Crippen LogP contribution is 2.37. The van der Waals surface area contributed by atoms with Gasteiger partial charge in [0, 0.05) is 26.0 Å². The van der Waals surface area contributed by atoms with Crippen LogP contribution in [0.2, 0.25) is 0 Å². The molecular formula is C22H20F3N5O3S. The zero-order chi connectivity index (χ0) is 24.7. The van der Waals surface area contributed by atoms with Crippen LogP contribution in [0.3, 0.4) is 0 Å². The van der Waals surface area contributed by atoms with Crippen LogP contribution in [0.4, 0.5) is 36.3 Å². The van der Waals surface area contributed by atoms with E-state index in [0.29, 0.717) is 23.1 Å². The van der Waals surface area contributed by atoms with Gasteiger partial charge in [0.25, 0.3) is 0 Å². The Labute approximate surface area is 193 Å². The summed E-state index contributed by atoms with van der Waals surface area (Å²) in [6, 6.07) is 11.1. The number of anilines is 4. The number of carbonyl (C=O) groups is 1. The summed E-state index contributed by atoms with van der Waals surface area (Å²) in [7, 11) is -2.05. The van der Waals surface area contributed by atoms with Crippen molar-refractivity contribution in [2.24, 2.45) is 0 Å². The number of benzene rings is 2. The second-order valence-corrected chi connectivity index (χ2v) is 9.91. The maximum absolute atomic E-state index is 13.7. The number of hydrogen-bond donors (Lipinski definition) is 2. The highest BCUT2D eigenvalue weighted by Gasteiger charge is 2.36. The SMILES string of the molecule is CN(Cc1cccc(S(C)(=O)=O)c1)c1nc(Nc2cccc3c2NC(=O)C3)ncc1C(F)(F)F. The van der Waals surface area contributed by atoms with Crippen LogP contribution in [0.5, 0.6) is 0 Å². The predicted octanol–water partition coefficient (Wildman–Crippen LogP) is 3.77. The van der Waals surface area contributed by atoms with E-state index in [1.54, 1.807) is 24.3 Å². The third-order valence-corrected chi connectivity index (χ3v) is 6.30.